The van der Waals surface area contributed by atoms with E-state index in [1.807, 2.05) is 0 Å². The van der Waals surface area contributed by atoms with Gasteiger partial charge in [-0.1, -0.05) is 6.92 Å². The van der Waals surface area contributed by atoms with Gasteiger partial charge in [-0.3, -0.25) is 14.7 Å². The molecule has 0 aliphatic carbocycles. The Hall–Kier alpha value is -1.49. The van der Waals surface area contributed by atoms with Gasteiger partial charge in [0.25, 0.3) is 0 Å². The number of aromatic nitrogens is 1. The van der Waals surface area contributed by atoms with Crippen LogP contribution >= 0.6 is 0 Å². The van der Waals surface area contributed by atoms with E-state index < -0.39 is 5.97 Å². The van der Waals surface area contributed by atoms with Crippen molar-refractivity contribution in [3.63, 3.8) is 0 Å². The van der Waals surface area contributed by atoms with Crippen molar-refractivity contribution in [2.75, 3.05) is 6.54 Å². The van der Waals surface area contributed by atoms with Gasteiger partial charge in [-0.05, 0) is 44.9 Å². The van der Waals surface area contributed by atoms with Gasteiger partial charge in [-0.25, -0.2) is 4.39 Å². The third-order valence-corrected chi connectivity index (χ3v) is 4.16. The Morgan fingerprint density at radius 3 is 2.85 bits per heavy atom. The molecule has 0 saturated carbocycles. The van der Waals surface area contributed by atoms with E-state index in [1.165, 1.54) is 12.3 Å². The summed E-state index contributed by atoms with van der Waals surface area (Å²) in [5.74, 6) is -1.29. The van der Waals surface area contributed by atoms with Crippen LogP contribution in [0.15, 0.2) is 18.3 Å². The Morgan fingerprint density at radius 1 is 1.60 bits per heavy atom. The van der Waals surface area contributed by atoms with Crippen LogP contribution in [0.3, 0.4) is 0 Å². The average molecular weight is 280 g/mol. The van der Waals surface area contributed by atoms with E-state index in [0.717, 1.165) is 18.7 Å². The Kier molecular flexibility index (Phi) is 4.70. The number of carbonyl (C=O) groups is 1. The summed E-state index contributed by atoms with van der Waals surface area (Å²) in [5, 5.41) is 9.11. The molecule has 0 aromatic carbocycles. The first kappa shape index (κ1) is 14.9. The summed E-state index contributed by atoms with van der Waals surface area (Å²) in [5.41, 5.74) is 0.856. The molecule has 2 heterocycles. The fraction of sp³-hybridized carbons (Fsp3) is 0.600. The zero-order chi connectivity index (χ0) is 14.7. The second-order valence-corrected chi connectivity index (χ2v) is 5.47. The molecule has 0 bridgehead atoms. The molecule has 1 aliphatic heterocycles. The van der Waals surface area contributed by atoms with E-state index in [4.69, 9.17) is 5.11 Å². The number of carboxylic acid groups (broad SMARTS) is 1. The predicted molar refractivity (Wildman–Crippen MR) is 73.8 cm³/mol. The second kappa shape index (κ2) is 6.31. The summed E-state index contributed by atoms with van der Waals surface area (Å²) in [7, 11) is 0. The molecule has 110 valence electrons. The number of pyridine rings is 1. The van der Waals surface area contributed by atoms with E-state index in [1.54, 1.807) is 6.07 Å². The quantitative estimate of drug-likeness (QED) is 0.921. The van der Waals surface area contributed by atoms with Crippen molar-refractivity contribution in [3.8, 4) is 0 Å². The minimum atomic E-state index is -0.704. The molecule has 5 heteroatoms. The zero-order valence-electron chi connectivity index (χ0n) is 11.9. The number of nitrogens with zero attached hydrogens (tertiary/aromatic N) is 2. The Morgan fingerprint density at radius 2 is 2.35 bits per heavy atom. The lowest BCUT2D eigenvalue weighted by molar-refractivity contribution is -0.144. The molecule has 0 radical (unpaired) electrons. The number of aliphatic carboxylic acids is 1. The molecule has 1 aromatic heterocycles. The fourth-order valence-corrected chi connectivity index (χ4v) is 3.08. The third kappa shape index (κ3) is 3.15. The van der Waals surface area contributed by atoms with Gasteiger partial charge in [0, 0.05) is 6.04 Å². The van der Waals surface area contributed by atoms with Crippen LogP contribution < -0.4 is 0 Å². The summed E-state index contributed by atoms with van der Waals surface area (Å²) < 4.78 is 13.0. The molecular formula is C15H21FN2O2. The van der Waals surface area contributed by atoms with Gasteiger partial charge >= 0.3 is 5.97 Å². The molecule has 2 rings (SSSR count). The summed E-state index contributed by atoms with van der Waals surface area (Å²) in [6.45, 7) is 4.88. The van der Waals surface area contributed by atoms with Crippen LogP contribution in [0.25, 0.3) is 0 Å². The first-order chi connectivity index (χ1) is 9.52. The van der Waals surface area contributed by atoms with Crippen LogP contribution in [-0.2, 0) is 4.79 Å². The van der Waals surface area contributed by atoms with Gasteiger partial charge in [-0.15, -0.1) is 0 Å². The lowest BCUT2D eigenvalue weighted by Crippen LogP contribution is -2.44. The van der Waals surface area contributed by atoms with Crippen LogP contribution in [0.5, 0.6) is 0 Å². The largest absolute Gasteiger partial charge is 0.481 e. The minimum Gasteiger partial charge on any atom is -0.481 e. The van der Waals surface area contributed by atoms with Crippen LogP contribution in [0.2, 0.25) is 0 Å². The molecule has 3 unspecified atom stereocenters. The highest BCUT2D eigenvalue weighted by atomic mass is 19.1. The van der Waals surface area contributed by atoms with Gasteiger partial charge < -0.3 is 5.11 Å². The summed E-state index contributed by atoms with van der Waals surface area (Å²) in [4.78, 5) is 17.6. The lowest BCUT2D eigenvalue weighted by atomic mass is 9.89. The summed E-state index contributed by atoms with van der Waals surface area (Å²) >= 11 is 0. The highest BCUT2D eigenvalue weighted by Gasteiger charge is 2.33. The monoisotopic (exact) mass is 280 g/mol. The number of halogens is 1. The molecule has 3 atom stereocenters. The van der Waals surface area contributed by atoms with Gasteiger partial charge in [0.05, 0.1) is 23.9 Å². The van der Waals surface area contributed by atoms with Crippen molar-refractivity contribution >= 4 is 5.97 Å². The van der Waals surface area contributed by atoms with Gasteiger partial charge in [0.1, 0.15) is 5.82 Å². The van der Waals surface area contributed by atoms with E-state index in [-0.39, 0.29) is 23.8 Å². The Bertz CT molecular complexity index is 463. The van der Waals surface area contributed by atoms with Crippen LogP contribution in [0.4, 0.5) is 4.39 Å². The van der Waals surface area contributed by atoms with Crippen molar-refractivity contribution in [2.45, 2.75) is 45.2 Å². The molecule has 1 fully saturated rings. The number of likely N-dealkylation sites (tertiary alicyclic amines) is 1. The number of carboxylic acids is 1. The molecule has 0 spiro atoms. The lowest BCUT2D eigenvalue weighted by Gasteiger charge is -2.41. The maximum absolute atomic E-state index is 13.0. The number of piperidine rings is 1. The number of hydrogen-bond donors (Lipinski definition) is 1. The number of rotatable bonds is 4. The smallest absolute Gasteiger partial charge is 0.306 e. The van der Waals surface area contributed by atoms with Crippen LogP contribution in [-0.4, -0.2) is 33.5 Å². The fourth-order valence-electron chi connectivity index (χ4n) is 3.08. The first-order valence-corrected chi connectivity index (χ1v) is 7.13. The molecule has 0 amide bonds. The van der Waals surface area contributed by atoms with Gasteiger partial charge in [0.2, 0.25) is 0 Å². The molecule has 1 aromatic rings. The summed E-state index contributed by atoms with van der Waals surface area (Å²) in [6.07, 6.45) is 3.44. The van der Waals surface area contributed by atoms with Gasteiger partial charge in [0.15, 0.2) is 0 Å². The zero-order valence-corrected chi connectivity index (χ0v) is 11.9. The Labute approximate surface area is 118 Å². The summed E-state index contributed by atoms with van der Waals surface area (Å²) in [6, 6.07) is 3.47. The second-order valence-electron chi connectivity index (χ2n) is 5.47. The molecule has 1 N–H and O–H groups in total. The predicted octanol–water partition coefficient (Wildman–Crippen LogP) is 2.86. The van der Waals surface area contributed by atoms with Crippen LogP contribution in [0.1, 0.15) is 44.8 Å². The molecule has 1 saturated heterocycles. The highest BCUT2D eigenvalue weighted by molar-refractivity contribution is 5.70. The van der Waals surface area contributed by atoms with E-state index >= 15 is 0 Å². The van der Waals surface area contributed by atoms with Crippen molar-refractivity contribution in [1.82, 2.24) is 9.88 Å². The highest BCUT2D eigenvalue weighted by Crippen LogP contribution is 2.32. The molecule has 4 nitrogen and oxygen atoms in total. The average Bonchev–Trinajstić information content (AvgIpc) is 2.43. The first-order valence-electron chi connectivity index (χ1n) is 7.13. The third-order valence-electron chi connectivity index (χ3n) is 4.16. The topological polar surface area (TPSA) is 53.4 Å². The Balaban J connectivity index is 2.12. The van der Waals surface area contributed by atoms with E-state index in [9.17, 15) is 9.18 Å². The standard InChI is InChI=1S/C15H21FN2O2/c1-3-14(13-5-4-12(16)9-17-13)18-7-6-11(15(19)20)8-10(18)2/h4-5,9-11,14H,3,6-8H2,1-2H3,(H,19,20). The van der Waals surface area contributed by atoms with Crippen LogP contribution in [0, 0.1) is 11.7 Å². The van der Waals surface area contributed by atoms with Crippen molar-refractivity contribution in [1.29, 1.82) is 0 Å². The molecular weight excluding hydrogens is 259 g/mol. The van der Waals surface area contributed by atoms with Crippen molar-refractivity contribution in [3.05, 3.63) is 29.8 Å². The van der Waals surface area contributed by atoms with E-state index in [2.05, 4.69) is 23.7 Å². The minimum absolute atomic E-state index is 0.125. The van der Waals surface area contributed by atoms with E-state index in [0.29, 0.717) is 12.8 Å². The maximum Gasteiger partial charge on any atom is 0.306 e. The maximum atomic E-state index is 13.0. The van der Waals surface area contributed by atoms with Crippen molar-refractivity contribution < 1.29 is 14.3 Å². The molecule has 1 aliphatic rings. The molecule has 20 heavy (non-hydrogen) atoms. The number of hydrogen-bond acceptors (Lipinski definition) is 3. The normalized spacial score (nSPS) is 25.4. The van der Waals surface area contributed by atoms with Crippen molar-refractivity contribution in [2.24, 2.45) is 5.92 Å². The van der Waals surface area contributed by atoms with Gasteiger partial charge in [-0.2, -0.15) is 0 Å². The SMILES string of the molecule is CCC(c1ccc(F)cn1)N1CCC(C(=O)O)CC1C.